The average molecular weight is 462 g/mol. The van der Waals surface area contributed by atoms with Gasteiger partial charge < -0.3 is 28.8 Å². The van der Waals surface area contributed by atoms with Gasteiger partial charge >= 0.3 is 11.9 Å². The Morgan fingerprint density at radius 2 is 1.74 bits per heavy atom. The molecule has 2 N–H and O–H groups in total. The second kappa shape index (κ2) is 9.37. The van der Waals surface area contributed by atoms with Crippen molar-refractivity contribution >= 4 is 22.9 Å². The van der Waals surface area contributed by atoms with Crippen molar-refractivity contribution in [3.05, 3.63) is 82.5 Å². The normalized spacial score (nSPS) is 10.6. The van der Waals surface area contributed by atoms with E-state index >= 15 is 0 Å². The number of aromatic hydroxyl groups is 2. The highest BCUT2D eigenvalue weighted by atomic mass is 16.6. The van der Waals surface area contributed by atoms with Gasteiger partial charge in [0.25, 0.3) is 0 Å². The third kappa shape index (κ3) is 4.68. The maximum atomic E-state index is 12.5. The fourth-order valence-electron chi connectivity index (χ4n) is 3.24. The lowest BCUT2D eigenvalue weighted by Crippen LogP contribution is -2.19. The van der Waals surface area contributed by atoms with Crippen molar-refractivity contribution in [2.24, 2.45) is 0 Å². The molecule has 1 heterocycles. The van der Waals surface area contributed by atoms with Gasteiger partial charge in [0.1, 0.15) is 45.3 Å². The maximum Gasteiger partial charge on any atom is 0.349 e. The summed E-state index contributed by atoms with van der Waals surface area (Å²) in [6.07, 6.45) is 0. The molecule has 0 unspecified atom stereocenters. The third-order valence-electron chi connectivity index (χ3n) is 4.79. The molecule has 0 saturated carbocycles. The molecule has 0 saturated heterocycles. The van der Waals surface area contributed by atoms with E-state index < -0.39 is 24.0 Å². The van der Waals surface area contributed by atoms with Crippen LogP contribution in [0.25, 0.3) is 22.3 Å². The first-order chi connectivity index (χ1) is 16.4. The van der Waals surface area contributed by atoms with Crippen molar-refractivity contribution in [3.8, 4) is 34.3 Å². The van der Waals surface area contributed by atoms with Crippen molar-refractivity contribution in [1.82, 2.24) is 0 Å². The van der Waals surface area contributed by atoms with Gasteiger partial charge in [0.15, 0.2) is 12.0 Å². The second-order valence-corrected chi connectivity index (χ2v) is 7.09. The van der Waals surface area contributed by atoms with Gasteiger partial charge in [0.05, 0.1) is 7.11 Å². The number of rotatable bonds is 6. The fourth-order valence-corrected chi connectivity index (χ4v) is 3.24. The highest BCUT2D eigenvalue weighted by Crippen LogP contribution is 2.31. The van der Waals surface area contributed by atoms with E-state index in [1.54, 1.807) is 24.3 Å². The molecule has 3 aromatic carbocycles. The third-order valence-corrected chi connectivity index (χ3v) is 4.79. The zero-order valence-corrected chi connectivity index (χ0v) is 17.8. The number of phenols is 2. The molecule has 0 radical (unpaired) electrons. The minimum absolute atomic E-state index is 0.0265. The molecular weight excluding hydrogens is 444 g/mol. The second-order valence-electron chi connectivity index (χ2n) is 7.09. The monoisotopic (exact) mass is 462 g/mol. The highest BCUT2D eigenvalue weighted by Gasteiger charge is 2.18. The summed E-state index contributed by atoms with van der Waals surface area (Å²) in [6.45, 7) is -0.588. The Morgan fingerprint density at radius 3 is 2.47 bits per heavy atom. The van der Waals surface area contributed by atoms with E-state index in [-0.39, 0.29) is 39.5 Å². The Balaban J connectivity index is 1.55. The molecule has 9 heteroatoms. The van der Waals surface area contributed by atoms with Crippen LogP contribution in [0.3, 0.4) is 0 Å². The zero-order chi connectivity index (χ0) is 24.2. The number of methoxy groups -OCH3 is 1. The smallest absolute Gasteiger partial charge is 0.349 e. The molecular formula is C25H18O9. The first kappa shape index (κ1) is 22.4. The van der Waals surface area contributed by atoms with E-state index in [9.17, 15) is 24.6 Å². The maximum absolute atomic E-state index is 12.5. The summed E-state index contributed by atoms with van der Waals surface area (Å²) in [5, 5.41) is 19.9. The molecule has 34 heavy (non-hydrogen) atoms. The Labute approximate surface area is 192 Å². The standard InChI is InChI=1S/C25H18O9/c1-31-25(30)17-9-15(26)7-8-20(17)34-23(29)13-32-16-10-18(27)24-19(28)12-21(33-22(24)11-16)14-5-3-2-4-6-14/h2-12,26-27H,13H2,1H3. The van der Waals surface area contributed by atoms with Crippen LogP contribution in [-0.4, -0.2) is 35.9 Å². The number of fused-ring (bicyclic) bond motifs is 1. The summed E-state index contributed by atoms with van der Waals surface area (Å²) in [4.78, 5) is 36.6. The van der Waals surface area contributed by atoms with E-state index in [0.29, 0.717) is 11.3 Å². The zero-order valence-electron chi connectivity index (χ0n) is 17.8. The summed E-state index contributed by atoms with van der Waals surface area (Å²) in [6, 6.07) is 16.4. The highest BCUT2D eigenvalue weighted by molar-refractivity contribution is 5.94. The quantitative estimate of drug-likeness (QED) is 0.325. The number of ether oxygens (including phenoxy) is 3. The number of hydrogen-bond acceptors (Lipinski definition) is 9. The predicted molar refractivity (Wildman–Crippen MR) is 120 cm³/mol. The van der Waals surface area contributed by atoms with Crippen LogP contribution in [0, 0.1) is 0 Å². The summed E-state index contributed by atoms with van der Waals surface area (Å²) < 4.78 is 20.9. The van der Waals surface area contributed by atoms with Crippen molar-refractivity contribution in [2.75, 3.05) is 13.7 Å². The minimum atomic E-state index is -0.866. The molecule has 4 rings (SSSR count). The SMILES string of the molecule is COC(=O)c1cc(O)ccc1OC(=O)COc1cc(O)c2c(=O)cc(-c3ccccc3)oc2c1. The van der Waals surface area contributed by atoms with Crippen molar-refractivity contribution in [3.63, 3.8) is 0 Å². The molecule has 1 aromatic heterocycles. The van der Waals surface area contributed by atoms with E-state index in [0.717, 1.165) is 13.2 Å². The Morgan fingerprint density at radius 1 is 0.971 bits per heavy atom. The number of benzene rings is 3. The Hall–Kier alpha value is -4.79. The lowest BCUT2D eigenvalue weighted by Gasteiger charge is -2.11. The van der Waals surface area contributed by atoms with Gasteiger partial charge in [-0.25, -0.2) is 9.59 Å². The lowest BCUT2D eigenvalue weighted by molar-refractivity contribution is -0.136. The first-order valence-corrected chi connectivity index (χ1v) is 9.97. The van der Waals surface area contributed by atoms with Crippen LogP contribution in [0.5, 0.6) is 23.0 Å². The molecule has 0 aliphatic heterocycles. The minimum Gasteiger partial charge on any atom is -0.508 e. The molecule has 172 valence electrons. The van der Waals surface area contributed by atoms with Gasteiger partial charge in [-0.3, -0.25) is 4.79 Å². The molecule has 0 amide bonds. The molecule has 9 nitrogen and oxygen atoms in total. The summed E-state index contributed by atoms with van der Waals surface area (Å²) >= 11 is 0. The number of carbonyl (C=O) groups excluding carboxylic acids is 2. The van der Waals surface area contributed by atoms with Crippen LogP contribution in [0.1, 0.15) is 10.4 Å². The Kier molecular flexibility index (Phi) is 6.18. The van der Waals surface area contributed by atoms with Gasteiger partial charge in [-0.15, -0.1) is 0 Å². The molecule has 4 aromatic rings. The Bertz CT molecular complexity index is 1440. The largest absolute Gasteiger partial charge is 0.508 e. The van der Waals surface area contributed by atoms with Crippen LogP contribution in [0.15, 0.2) is 75.9 Å². The summed E-state index contributed by atoms with van der Waals surface area (Å²) in [5.74, 6) is -2.03. The van der Waals surface area contributed by atoms with E-state index in [1.165, 1.54) is 30.3 Å². The van der Waals surface area contributed by atoms with Crippen LogP contribution >= 0.6 is 0 Å². The number of hydrogen-bond donors (Lipinski definition) is 2. The molecule has 0 bridgehead atoms. The fraction of sp³-hybridized carbons (Fsp3) is 0.0800. The van der Waals surface area contributed by atoms with E-state index in [1.807, 2.05) is 6.07 Å². The molecule has 0 aliphatic carbocycles. The van der Waals surface area contributed by atoms with Crippen molar-refractivity contribution < 1.29 is 38.4 Å². The molecule has 0 atom stereocenters. The van der Waals surface area contributed by atoms with Gasteiger partial charge in [0.2, 0.25) is 0 Å². The van der Waals surface area contributed by atoms with Crippen LogP contribution < -0.4 is 14.9 Å². The summed E-state index contributed by atoms with van der Waals surface area (Å²) in [7, 11) is 1.15. The number of phenolic OH excluding ortho intramolecular Hbond substituents is 2. The van der Waals surface area contributed by atoms with E-state index in [4.69, 9.17) is 13.9 Å². The van der Waals surface area contributed by atoms with Crippen LogP contribution in [0.2, 0.25) is 0 Å². The average Bonchev–Trinajstić information content (AvgIpc) is 2.83. The molecule has 0 fully saturated rings. The lowest BCUT2D eigenvalue weighted by atomic mass is 10.1. The van der Waals surface area contributed by atoms with Crippen LogP contribution in [-0.2, 0) is 9.53 Å². The van der Waals surface area contributed by atoms with Crippen LogP contribution in [0.4, 0.5) is 0 Å². The number of esters is 2. The van der Waals surface area contributed by atoms with Gasteiger partial charge in [-0.05, 0) is 18.2 Å². The summed E-state index contributed by atoms with van der Waals surface area (Å²) in [5.41, 5.74) is 0.160. The first-order valence-electron chi connectivity index (χ1n) is 9.97. The van der Waals surface area contributed by atoms with Gasteiger partial charge in [-0.1, -0.05) is 30.3 Å². The van der Waals surface area contributed by atoms with Crippen molar-refractivity contribution in [2.45, 2.75) is 0 Å². The molecule has 0 aliphatic rings. The number of carbonyl (C=O) groups is 2. The van der Waals surface area contributed by atoms with E-state index in [2.05, 4.69) is 4.74 Å². The van der Waals surface area contributed by atoms with Gasteiger partial charge in [-0.2, -0.15) is 0 Å². The van der Waals surface area contributed by atoms with Crippen molar-refractivity contribution in [1.29, 1.82) is 0 Å². The molecule has 0 spiro atoms. The van der Waals surface area contributed by atoms with Gasteiger partial charge in [0, 0.05) is 23.8 Å². The predicted octanol–water partition coefficient (Wildman–Crippen LogP) is 3.64. The topological polar surface area (TPSA) is 132 Å².